The van der Waals surface area contributed by atoms with Crippen LogP contribution in [0.15, 0.2) is 46.8 Å². The summed E-state index contributed by atoms with van der Waals surface area (Å²) in [5, 5.41) is 8.63. The van der Waals surface area contributed by atoms with Crippen LogP contribution in [-0.4, -0.2) is 22.0 Å². The predicted molar refractivity (Wildman–Crippen MR) is 96.0 cm³/mol. The molecule has 3 rings (SSSR count). The molecule has 0 radical (unpaired) electrons. The van der Waals surface area contributed by atoms with Crippen LogP contribution in [0.3, 0.4) is 0 Å². The van der Waals surface area contributed by atoms with Gasteiger partial charge in [0.1, 0.15) is 5.65 Å². The summed E-state index contributed by atoms with van der Waals surface area (Å²) < 4.78 is 6.87. The first kappa shape index (κ1) is 16.8. The first-order valence-corrected chi connectivity index (χ1v) is 8.14. The van der Waals surface area contributed by atoms with E-state index in [1.165, 1.54) is 0 Å². The van der Waals surface area contributed by atoms with E-state index >= 15 is 0 Å². The molecule has 0 aliphatic carbocycles. The summed E-state index contributed by atoms with van der Waals surface area (Å²) >= 11 is 0. The summed E-state index contributed by atoms with van der Waals surface area (Å²) in [6, 6.07) is 9.77. The van der Waals surface area contributed by atoms with Crippen molar-refractivity contribution in [2.45, 2.75) is 27.7 Å². The lowest BCUT2D eigenvalue weighted by Gasteiger charge is -2.01. The maximum atomic E-state index is 12.3. The van der Waals surface area contributed by atoms with Crippen LogP contribution in [0.1, 0.15) is 34.1 Å². The third-order valence-electron chi connectivity index (χ3n) is 3.76. The minimum Gasteiger partial charge on any atom is -0.461 e. The molecule has 0 aliphatic heterocycles. The zero-order valence-corrected chi connectivity index (χ0v) is 14.8. The van der Waals surface area contributed by atoms with Crippen molar-refractivity contribution in [3.8, 4) is 0 Å². The van der Waals surface area contributed by atoms with Crippen molar-refractivity contribution in [1.82, 2.24) is 9.38 Å². The lowest BCUT2D eigenvalue weighted by molar-refractivity contribution is 0.0521. The van der Waals surface area contributed by atoms with Gasteiger partial charge in [0, 0.05) is 6.20 Å². The van der Waals surface area contributed by atoms with Crippen LogP contribution in [0.5, 0.6) is 0 Å². The van der Waals surface area contributed by atoms with E-state index < -0.39 is 5.97 Å². The van der Waals surface area contributed by atoms with Crippen molar-refractivity contribution in [1.29, 1.82) is 0 Å². The molecular weight excluding hydrogens is 316 g/mol. The number of esters is 1. The molecule has 1 aromatic carbocycles. The van der Waals surface area contributed by atoms with Crippen LogP contribution >= 0.6 is 0 Å². The predicted octanol–water partition coefficient (Wildman–Crippen LogP) is 4.85. The minimum absolute atomic E-state index is 0.171. The fourth-order valence-electron chi connectivity index (χ4n) is 2.74. The summed E-state index contributed by atoms with van der Waals surface area (Å²) in [5.74, 6) is -0.128. The van der Waals surface area contributed by atoms with Crippen molar-refractivity contribution in [3.05, 3.63) is 58.9 Å². The van der Waals surface area contributed by atoms with Crippen LogP contribution < -0.4 is 0 Å². The number of pyridine rings is 1. The smallest absolute Gasteiger partial charge is 0.360 e. The van der Waals surface area contributed by atoms with Gasteiger partial charge in [-0.05, 0) is 62.6 Å². The Balaban J connectivity index is 2.12. The molecular formula is C19H20N4O2. The number of hydrogen-bond donors (Lipinski definition) is 0. The minimum atomic E-state index is -0.500. The van der Waals surface area contributed by atoms with E-state index in [1.54, 1.807) is 11.3 Å². The second-order valence-electron chi connectivity index (χ2n) is 5.94. The molecule has 128 valence electrons. The monoisotopic (exact) mass is 336 g/mol. The summed E-state index contributed by atoms with van der Waals surface area (Å²) in [6.07, 6.45) is 1.81. The third-order valence-corrected chi connectivity index (χ3v) is 3.76. The summed E-state index contributed by atoms with van der Waals surface area (Å²) in [7, 11) is 0. The molecule has 0 N–H and O–H groups in total. The van der Waals surface area contributed by atoms with Crippen molar-refractivity contribution >= 4 is 23.1 Å². The van der Waals surface area contributed by atoms with Gasteiger partial charge in [-0.2, -0.15) is 0 Å². The zero-order valence-electron chi connectivity index (χ0n) is 14.8. The summed E-state index contributed by atoms with van der Waals surface area (Å²) in [6.45, 7) is 7.98. The number of carbonyl (C=O) groups is 1. The number of nitrogens with zero attached hydrogens (tertiary/aromatic N) is 4. The highest BCUT2D eigenvalue weighted by atomic mass is 16.5. The van der Waals surface area contributed by atoms with Crippen LogP contribution in [-0.2, 0) is 4.74 Å². The molecule has 0 saturated carbocycles. The molecule has 2 aromatic heterocycles. The maximum Gasteiger partial charge on any atom is 0.360 e. The Morgan fingerprint density at radius 1 is 1.16 bits per heavy atom. The Kier molecular flexibility index (Phi) is 4.61. The molecule has 0 spiro atoms. The highest BCUT2D eigenvalue weighted by Crippen LogP contribution is 2.27. The summed E-state index contributed by atoms with van der Waals surface area (Å²) in [5.41, 5.74) is 4.72. The van der Waals surface area contributed by atoms with Crippen LogP contribution in [0, 0.1) is 20.8 Å². The van der Waals surface area contributed by atoms with Gasteiger partial charge >= 0.3 is 5.97 Å². The van der Waals surface area contributed by atoms with Crippen molar-refractivity contribution < 1.29 is 9.53 Å². The molecule has 6 heteroatoms. The van der Waals surface area contributed by atoms with Gasteiger partial charge in [0.05, 0.1) is 12.3 Å². The van der Waals surface area contributed by atoms with E-state index in [1.807, 2.05) is 51.2 Å². The maximum absolute atomic E-state index is 12.3. The van der Waals surface area contributed by atoms with Crippen molar-refractivity contribution in [2.75, 3.05) is 6.61 Å². The van der Waals surface area contributed by atoms with E-state index in [-0.39, 0.29) is 12.3 Å². The number of azo groups is 1. The number of rotatable bonds is 4. The van der Waals surface area contributed by atoms with Gasteiger partial charge in [0.15, 0.2) is 11.5 Å². The number of aryl methyl sites for hydroxylation is 3. The highest BCUT2D eigenvalue weighted by molar-refractivity contribution is 5.93. The normalized spacial score (nSPS) is 11.4. The molecule has 2 heterocycles. The molecule has 0 fully saturated rings. The Hall–Kier alpha value is -3.02. The van der Waals surface area contributed by atoms with E-state index in [2.05, 4.69) is 21.3 Å². The van der Waals surface area contributed by atoms with Crippen LogP contribution in [0.25, 0.3) is 5.65 Å². The van der Waals surface area contributed by atoms with Crippen LogP contribution in [0.2, 0.25) is 0 Å². The second-order valence-corrected chi connectivity index (χ2v) is 5.94. The van der Waals surface area contributed by atoms with Gasteiger partial charge in [0.2, 0.25) is 0 Å². The number of benzene rings is 1. The zero-order chi connectivity index (χ0) is 18.0. The molecule has 0 aliphatic rings. The largest absolute Gasteiger partial charge is 0.461 e. The molecule has 0 bridgehead atoms. The van der Waals surface area contributed by atoms with Gasteiger partial charge in [-0.15, -0.1) is 10.2 Å². The number of imidazole rings is 1. The molecule has 0 unspecified atom stereocenters. The Morgan fingerprint density at radius 3 is 2.56 bits per heavy atom. The quantitative estimate of drug-likeness (QED) is 0.505. The topological polar surface area (TPSA) is 68.3 Å². The number of hydrogen-bond acceptors (Lipinski definition) is 5. The molecule has 0 saturated heterocycles. The van der Waals surface area contributed by atoms with E-state index in [0.717, 1.165) is 22.4 Å². The number of carbonyl (C=O) groups excluding carboxylic acids is 1. The van der Waals surface area contributed by atoms with Crippen molar-refractivity contribution in [3.63, 3.8) is 0 Å². The van der Waals surface area contributed by atoms with Crippen LogP contribution in [0.4, 0.5) is 11.5 Å². The first-order valence-electron chi connectivity index (χ1n) is 8.14. The Bertz CT molecular complexity index is 953. The van der Waals surface area contributed by atoms with E-state index in [9.17, 15) is 4.79 Å². The van der Waals surface area contributed by atoms with Gasteiger partial charge < -0.3 is 4.74 Å². The van der Waals surface area contributed by atoms with Gasteiger partial charge in [-0.3, -0.25) is 4.40 Å². The third kappa shape index (κ3) is 3.42. The van der Waals surface area contributed by atoms with E-state index in [0.29, 0.717) is 11.5 Å². The lowest BCUT2D eigenvalue weighted by Crippen LogP contribution is -2.05. The Labute approximate surface area is 146 Å². The number of ether oxygens (including phenoxy) is 1. The molecule has 0 amide bonds. The summed E-state index contributed by atoms with van der Waals surface area (Å²) in [4.78, 5) is 16.7. The Morgan fingerprint density at radius 2 is 1.88 bits per heavy atom. The average Bonchev–Trinajstić information content (AvgIpc) is 2.92. The fourth-order valence-corrected chi connectivity index (χ4v) is 2.74. The fraction of sp³-hybridized carbons (Fsp3) is 0.263. The number of fused-ring (bicyclic) bond motifs is 1. The van der Waals surface area contributed by atoms with E-state index in [4.69, 9.17) is 4.74 Å². The first-order chi connectivity index (χ1) is 12.0. The highest BCUT2D eigenvalue weighted by Gasteiger charge is 2.21. The second kappa shape index (κ2) is 6.84. The van der Waals surface area contributed by atoms with Gasteiger partial charge in [-0.25, -0.2) is 9.78 Å². The van der Waals surface area contributed by atoms with Gasteiger partial charge in [0.25, 0.3) is 0 Å². The lowest BCUT2D eigenvalue weighted by atomic mass is 10.1. The standard InChI is InChI=1S/C19H20N4O2/c1-5-25-19(24)16-18(23-8-6-7-14(4)17(23)20-16)22-21-15-10-12(2)9-13(3)11-15/h6-11H,5H2,1-4H3. The average molecular weight is 336 g/mol. The molecule has 3 aromatic rings. The number of aromatic nitrogens is 2. The molecule has 25 heavy (non-hydrogen) atoms. The SMILES string of the molecule is CCOC(=O)c1nc2c(C)cccn2c1N=Nc1cc(C)cc(C)c1. The van der Waals surface area contributed by atoms with Gasteiger partial charge in [-0.1, -0.05) is 12.1 Å². The van der Waals surface area contributed by atoms with Crippen molar-refractivity contribution in [2.24, 2.45) is 10.2 Å². The molecule has 6 nitrogen and oxygen atoms in total. The molecule has 0 atom stereocenters.